The monoisotopic (exact) mass is 1120 g/mol. The lowest BCUT2D eigenvalue weighted by Crippen LogP contribution is -2.58. The van der Waals surface area contributed by atoms with Crippen LogP contribution in [0.4, 0.5) is 18.9 Å². The van der Waals surface area contributed by atoms with Gasteiger partial charge < -0.3 is 44.6 Å². The van der Waals surface area contributed by atoms with Gasteiger partial charge >= 0.3 is 10.2 Å². The Balaban J connectivity index is 0.719. The predicted molar refractivity (Wildman–Crippen MR) is 285 cm³/mol. The summed E-state index contributed by atoms with van der Waals surface area (Å²) in [6.07, 6.45) is 7.59. The molecule has 2 fully saturated rings. The third-order valence-electron chi connectivity index (χ3n) is 13.5. The summed E-state index contributed by atoms with van der Waals surface area (Å²) < 4.78 is 95.4. The normalized spacial score (nSPS) is 19.2. The first-order valence-corrected chi connectivity index (χ1v) is 27.8. The molecule has 19 nitrogen and oxygen atoms in total. The molecule has 3 amide bonds. The van der Waals surface area contributed by atoms with Gasteiger partial charge in [-0.3, -0.25) is 23.9 Å². The Hall–Kier alpha value is -6.54. The van der Waals surface area contributed by atoms with E-state index in [4.69, 9.17) is 18.9 Å². The van der Waals surface area contributed by atoms with Crippen molar-refractivity contribution in [2.24, 2.45) is 5.41 Å². The van der Waals surface area contributed by atoms with E-state index in [0.29, 0.717) is 16.9 Å². The van der Waals surface area contributed by atoms with Crippen molar-refractivity contribution < 1.29 is 64.8 Å². The van der Waals surface area contributed by atoms with Gasteiger partial charge in [-0.05, 0) is 66.6 Å². The minimum absolute atomic E-state index is 0.0169. The molecule has 5 heterocycles. The molecule has 0 spiro atoms. The standard InChI is InChI=1S/C54H63F3N8O11S2/c1-32-49(77-31-61-32)35-7-5-33(6-8-35)25-60-52(69)44-24-38(66)29-65(44)53(70)50(54(2,3)4)62-45(67)30-75-20-19-73-17-18-74-21-22-76-39-11-9-34(10-12-39)36-23-40-41(27-59-51(40)58-26-36)48(68)46-42(56)13-14-43(47(46)57)63-78(71,72)64-16-15-37(55)28-64/h5-7,9-14,23,26-27,31,35,37-38,44,50,63,66H,8,15-22,24-25,28-30H2,1-4H3,(H,58,59)(H,60,69)(H,62,67)/t35?,37-,38-,44+,50-/m1/s1. The first-order chi connectivity index (χ1) is 37.3. The summed E-state index contributed by atoms with van der Waals surface area (Å²) in [7, 11) is -4.38. The van der Waals surface area contributed by atoms with E-state index in [1.54, 1.807) is 68.6 Å². The van der Waals surface area contributed by atoms with Gasteiger partial charge in [0.2, 0.25) is 23.5 Å². The number of benzene rings is 2. The minimum Gasteiger partial charge on any atom is -0.491 e. The number of halogens is 3. The lowest BCUT2D eigenvalue weighted by atomic mass is 9.85. The van der Waals surface area contributed by atoms with Crippen LogP contribution in [-0.2, 0) is 38.8 Å². The fourth-order valence-corrected chi connectivity index (χ4v) is 11.5. The Morgan fingerprint density at radius 3 is 2.36 bits per heavy atom. The lowest BCUT2D eigenvalue weighted by Gasteiger charge is -2.35. The summed E-state index contributed by atoms with van der Waals surface area (Å²) >= 11 is 1.62. The SMILES string of the molecule is Cc1ncsc1C1C=CC(CNC(=O)[C@@H]2C[C@@H](O)CN2C(=O)[C@@H](NC(=O)COCCOCCOCCOc2ccc(-c3cnc4[nH]cc(C(=O)c5c(F)ccc(NS(=O)(=O)N6CC[C@@H](F)C6)c5F)c4c3)cc2)C(C)(C)C)=CC1. The fourth-order valence-electron chi connectivity index (χ4n) is 9.29. The number of amides is 3. The van der Waals surface area contributed by atoms with Crippen LogP contribution in [0, 0.1) is 24.0 Å². The highest BCUT2D eigenvalue weighted by Crippen LogP contribution is 2.34. The topological polar surface area (TPSA) is 244 Å². The number of carbonyl (C=O) groups excluding carboxylic acids is 4. The van der Waals surface area contributed by atoms with E-state index >= 15 is 8.78 Å². The smallest absolute Gasteiger partial charge is 0.301 e. The van der Waals surface area contributed by atoms with Crippen LogP contribution in [0.15, 0.2) is 84.2 Å². The number of aliphatic hydroxyl groups is 1. The molecule has 8 rings (SSSR count). The second-order valence-electron chi connectivity index (χ2n) is 20.2. The zero-order valence-electron chi connectivity index (χ0n) is 43.6. The number of hydrogen-bond acceptors (Lipinski definition) is 14. The molecule has 2 saturated heterocycles. The van der Waals surface area contributed by atoms with Crippen LogP contribution >= 0.6 is 11.3 Å². The summed E-state index contributed by atoms with van der Waals surface area (Å²) in [6.45, 7) is 8.03. The summed E-state index contributed by atoms with van der Waals surface area (Å²) in [4.78, 5) is 68.2. The van der Waals surface area contributed by atoms with Gasteiger partial charge in [-0.25, -0.2) is 23.1 Å². The summed E-state index contributed by atoms with van der Waals surface area (Å²) in [5, 5.41) is 16.5. The lowest BCUT2D eigenvalue weighted by molar-refractivity contribution is -0.144. The van der Waals surface area contributed by atoms with E-state index in [1.165, 1.54) is 16.0 Å². The number of ketones is 1. The number of β-amino-alcohol motifs (C(OH)–C–C–N with tert-alkyl or cyclic N) is 1. The molecule has 0 radical (unpaired) electrons. The van der Waals surface area contributed by atoms with Crippen molar-refractivity contribution in [2.75, 3.05) is 77.1 Å². The van der Waals surface area contributed by atoms with E-state index in [-0.39, 0.29) is 107 Å². The number of nitrogens with zero attached hydrogens (tertiary/aromatic N) is 4. The molecule has 418 valence electrons. The zero-order chi connectivity index (χ0) is 55.7. The van der Waals surface area contributed by atoms with Crippen LogP contribution in [0.3, 0.4) is 0 Å². The van der Waals surface area contributed by atoms with Gasteiger partial charge in [0.1, 0.15) is 48.7 Å². The van der Waals surface area contributed by atoms with Gasteiger partial charge in [0.05, 0.1) is 61.6 Å². The van der Waals surface area contributed by atoms with E-state index in [2.05, 4.69) is 37.7 Å². The van der Waals surface area contributed by atoms with Crippen LogP contribution in [0.1, 0.15) is 72.4 Å². The Labute approximate surface area is 453 Å². The predicted octanol–water partition coefficient (Wildman–Crippen LogP) is 5.91. The van der Waals surface area contributed by atoms with Gasteiger partial charge in [-0.2, -0.15) is 12.7 Å². The maximum absolute atomic E-state index is 15.7. The molecule has 1 aliphatic carbocycles. The molecule has 5 atom stereocenters. The number of aromatic amines is 1. The summed E-state index contributed by atoms with van der Waals surface area (Å²) in [6, 6.07) is 8.35. The van der Waals surface area contributed by atoms with Gasteiger partial charge in [0.15, 0.2) is 5.82 Å². The molecule has 78 heavy (non-hydrogen) atoms. The number of likely N-dealkylation sites (tertiary alicyclic amines) is 1. The number of aliphatic hydroxyl groups excluding tert-OH is 1. The average Bonchev–Trinajstić information content (AvgIpc) is 4.27. The van der Waals surface area contributed by atoms with E-state index < -0.39 is 87.0 Å². The van der Waals surface area contributed by atoms with Gasteiger partial charge in [-0.15, -0.1) is 11.3 Å². The number of H-pyrrole nitrogens is 1. The number of aryl methyl sites for hydroxylation is 1. The van der Waals surface area contributed by atoms with Crippen molar-refractivity contribution in [1.82, 2.24) is 34.8 Å². The number of hydrogen-bond donors (Lipinski definition) is 5. The van der Waals surface area contributed by atoms with Crippen LogP contribution in [0.2, 0.25) is 0 Å². The van der Waals surface area contributed by atoms with Crippen molar-refractivity contribution in [2.45, 2.75) is 77.2 Å². The number of pyridine rings is 1. The summed E-state index contributed by atoms with van der Waals surface area (Å²) in [5.41, 5.74) is 2.87. The molecule has 0 bridgehead atoms. The molecule has 2 aromatic carbocycles. The third-order valence-corrected chi connectivity index (χ3v) is 16.0. The second kappa shape index (κ2) is 25.5. The molecular formula is C54H63F3N8O11S2. The number of anilines is 1. The quantitative estimate of drug-likeness (QED) is 0.0357. The highest BCUT2D eigenvalue weighted by molar-refractivity contribution is 7.90. The number of rotatable bonds is 24. The van der Waals surface area contributed by atoms with E-state index in [0.717, 1.165) is 34.1 Å². The molecule has 5 N–H and O–H groups in total. The molecule has 2 aliphatic heterocycles. The van der Waals surface area contributed by atoms with Crippen LogP contribution in [0.25, 0.3) is 22.2 Å². The Morgan fingerprint density at radius 2 is 1.69 bits per heavy atom. The number of ether oxygens (including phenoxy) is 4. The molecule has 3 aromatic heterocycles. The molecule has 3 aliphatic rings. The highest BCUT2D eigenvalue weighted by Gasteiger charge is 2.44. The first kappa shape index (κ1) is 57.6. The highest BCUT2D eigenvalue weighted by atomic mass is 32.2. The van der Waals surface area contributed by atoms with Crippen LogP contribution in [-0.4, -0.2) is 158 Å². The maximum Gasteiger partial charge on any atom is 0.301 e. The van der Waals surface area contributed by atoms with E-state index in [1.807, 2.05) is 23.2 Å². The number of fused-ring (bicyclic) bond motifs is 1. The van der Waals surface area contributed by atoms with Crippen molar-refractivity contribution in [3.8, 4) is 16.9 Å². The van der Waals surface area contributed by atoms with Gasteiger partial charge in [-0.1, -0.05) is 51.1 Å². The molecule has 1 unspecified atom stereocenters. The zero-order valence-corrected chi connectivity index (χ0v) is 45.2. The largest absolute Gasteiger partial charge is 0.491 e. The van der Waals surface area contributed by atoms with Gasteiger partial charge in [0.25, 0.3) is 0 Å². The van der Waals surface area contributed by atoms with Crippen molar-refractivity contribution in [3.05, 3.63) is 118 Å². The Morgan fingerprint density at radius 1 is 0.962 bits per heavy atom. The molecule has 0 saturated carbocycles. The van der Waals surface area contributed by atoms with E-state index in [9.17, 15) is 37.1 Å². The van der Waals surface area contributed by atoms with Crippen LogP contribution in [0.5, 0.6) is 5.75 Å². The van der Waals surface area contributed by atoms with Crippen molar-refractivity contribution >= 4 is 61.8 Å². The Bertz CT molecular complexity index is 3150. The average molecular weight is 1120 g/mol. The number of nitrogens with one attached hydrogen (secondary N) is 4. The number of allylic oxidation sites excluding steroid dienone is 2. The fraction of sp³-hybridized carbons (Fsp3) is 0.444. The second-order valence-corrected chi connectivity index (χ2v) is 22.8. The number of aromatic nitrogens is 3. The summed E-state index contributed by atoms with van der Waals surface area (Å²) in [5.74, 6) is -4.27. The van der Waals surface area contributed by atoms with Gasteiger partial charge in [0, 0.05) is 72.3 Å². The number of thiazole rings is 1. The first-order valence-electron chi connectivity index (χ1n) is 25.5. The van der Waals surface area contributed by atoms with Crippen molar-refractivity contribution in [3.63, 3.8) is 0 Å². The third kappa shape index (κ3) is 14.2. The van der Waals surface area contributed by atoms with Crippen molar-refractivity contribution in [1.29, 1.82) is 0 Å². The minimum atomic E-state index is -4.38. The maximum atomic E-state index is 15.7. The molecular weight excluding hydrogens is 1060 g/mol. The Kier molecular flexibility index (Phi) is 18.8. The number of carbonyl (C=O) groups is 4. The molecule has 24 heteroatoms. The number of alkyl halides is 1. The van der Waals surface area contributed by atoms with Crippen LogP contribution < -0.4 is 20.1 Å². The molecule has 5 aromatic rings.